The Bertz CT molecular complexity index is 719. The molecule has 0 spiro atoms. The number of benzene rings is 1. The third-order valence-electron chi connectivity index (χ3n) is 4.32. The van der Waals surface area contributed by atoms with Crippen LogP contribution in [-0.4, -0.2) is 22.6 Å². The molecule has 4 rings (SSSR count). The second-order valence-electron chi connectivity index (χ2n) is 5.52. The Morgan fingerprint density at radius 1 is 1.05 bits per heavy atom. The highest BCUT2D eigenvalue weighted by atomic mass is 16.6. The molecular weight excluding hydrogens is 270 g/mol. The first-order valence-corrected chi connectivity index (χ1v) is 7.06. The lowest BCUT2D eigenvalue weighted by Crippen LogP contribution is -2.46. The molecular formula is C16H13NO4. The summed E-state index contributed by atoms with van der Waals surface area (Å²) in [6, 6.07) is 6.89. The fourth-order valence-corrected chi connectivity index (χ4v) is 3.42. The minimum atomic E-state index is -0.492. The quantitative estimate of drug-likeness (QED) is 0.686. The molecule has 0 fully saturated rings. The summed E-state index contributed by atoms with van der Waals surface area (Å²) in [5.74, 6) is 0.203. The Kier molecular flexibility index (Phi) is 2.51. The lowest BCUT2D eigenvalue weighted by Gasteiger charge is -2.41. The third kappa shape index (κ3) is 1.67. The van der Waals surface area contributed by atoms with Gasteiger partial charge in [-0.25, -0.2) is 4.79 Å². The molecule has 1 aliphatic carbocycles. The minimum Gasteiger partial charge on any atom is -0.410 e. The van der Waals surface area contributed by atoms with E-state index >= 15 is 0 Å². The van der Waals surface area contributed by atoms with Crippen LogP contribution in [-0.2, 0) is 9.59 Å². The number of nitrogens with zero attached hydrogens (tertiary/aromatic N) is 1. The number of hydrogen-bond acceptors (Lipinski definition) is 4. The van der Waals surface area contributed by atoms with Gasteiger partial charge < -0.3 is 4.74 Å². The molecule has 0 bridgehead atoms. The second kappa shape index (κ2) is 4.28. The first kappa shape index (κ1) is 12.3. The number of amides is 1. The monoisotopic (exact) mass is 283 g/mol. The van der Waals surface area contributed by atoms with E-state index in [1.807, 2.05) is 12.1 Å². The minimum absolute atomic E-state index is 0.147. The molecule has 1 aromatic rings. The van der Waals surface area contributed by atoms with E-state index in [1.54, 1.807) is 12.1 Å². The van der Waals surface area contributed by atoms with Gasteiger partial charge >= 0.3 is 6.09 Å². The van der Waals surface area contributed by atoms with Gasteiger partial charge in [0.15, 0.2) is 11.6 Å². The Morgan fingerprint density at radius 2 is 1.86 bits per heavy atom. The van der Waals surface area contributed by atoms with Crippen LogP contribution in [0.25, 0.3) is 0 Å². The Hall–Kier alpha value is -2.43. The van der Waals surface area contributed by atoms with Gasteiger partial charge in [0.25, 0.3) is 0 Å². The van der Waals surface area contributed by atoms with Crippen LogP contribution in [0, 0.1) is 0 Å². The number of rotatable bonds is 0. The topological polar surface area (TPSA) is 63.7 Å². The first-order chi connectivity index (χ1) is 10.2. The van der Waals surface area contributed by atoms with Gasteiger partial charge in [0.1, 0.15) is 5.75 Å². The standard InChI is InChI=1S/C16H13NO4/c18-12-6-3-5-10-15(12)13(19)8-11-9-4-1-2-7-14(9)21-16(20)17(10)11/h1-2,4,7,11H,3,5-6,8H2. The van der Waals surface area contributed by atoms with E-state index in [1.165, 1.54) is 4.90 Å². The molecule has 0 saturated carbocycles. The molecule has 106 valence electrons. The Labute approximate surface area is 121 Å². The van der Waals surface area contributed by atoms with Gasteiger partial charge in [0.05, 0.1) is 11.6 Å². The summed E-state index contributed by atoms with van der Waals surface area (Å²) < 4.78 is 5.35. The van der Waals surface area contributed by atoms with Crippen molar-refractivity contribution in [3.05, 3.63) is 41.1 Å². The summed E-state index contributed by atoms with van der Waals surface area (Å²) >= 11 is 0. The number of allylic oxidation sites excluding steroid dienone is 2. The summed E-state index contributed by atoms with van der Waals surface area (Å²) in [5.41, 5.74) is 1.59. The van der Waals surface area contributed by atoms with Crippen LogP contribution in [0.2, 0.25) is 0 Å². The second-order valence-corrected chi connectivity index (χ2v) is 5.52. The van der Waals surface area contributed by atoms with E-state index in [0.717, 1.165) is 5.56 Å². The number of ether oxygens (including phenoxy) is 1. The maximum atomic E-state index is 12.4. The summed E-state index contributed by atoms with van der Waals surface area (Å²) in [7, 11) is 0. The molecule has 0 radical (unpaired) electrons. The summed E-state index contributed by atoms with van der Waals surface area (Å²) in [6.45, 7) is 0. The van der Waals surface area contributed by atoms with Crippen molar-refractivity contribution in [2.45, 2.75) is 31.7 Å². The molecule has 0 N–H and O–H groups in total. The molecule has 3 aliphatic rings. The van der Waals surface area contributed by atoms with E-state index in [4.69, 9.17) is 4.74 Å². The molecule has 0 saturated heterocycles. The summed E-state index contributed by atoms with van der Waals surface area (Å²) in [6.07, 6.45) is 1.28. The highest BCUT2D eigenvalue weighted by Crippen LogP contribution is 2.45. The molecule has 0 aromatic heterocycles. The highest BCUT2D eigenvalue weighted by molar-refractivity contribution is 6.22. The molecule has 2 aliphatic heterocycles. The maximum Gasteiger partial charge on any atom is 0.420 e. The molecule has 1 atom stereocenters. The van der Waals surface area contributed by atoms with Crippen LogP contribution >= 0.6 is 0 Å². The number of carbonyl (C=O) groups excluding carboxylic acids is 3. The average molecular weight is 283 g/mol. The lowest BCUT2D eigenvalue weighted by atomic mass is 9.82. The predicted octanol–water partition coefficient (Wildman–Crippen LogP) is 2.52. The number of carbonyl (C=O) groups is 3. The summed E-state index contributed by atoms with van der Waals surface area (Å²) in [5, 5.41) is 0. The van der Waals surface area contributed by atoms with E-state index in [2.05, 4.69) is 0 Å². The van der Waals surface area contributed by atoms with Crippen LogP contribution in [0.5, 0.6) is 5.75 Å². The number of Topliss-reactive ketones (excluding diaryl/α,β-unsaturated/α-hetero) is 2. The first-order valence-electron chi connectivity index (χ1n) is 7.06. The van der Waals surface area contributed by atoms with Crippen molar-refractivity contribution < 1.29 is 19.1 Å². The molecule has 1 unspecified atom stereocenters. The lowest BCUT2D eigenvalue weighted by molar-refractivity contribution is -0.123. The Morgan fingerprint density at radius 3 is 2.71 bits per heavy atom. The van der Waals surface area contributed by atoms with Crippen molar-refractivity contribution in [3.8, 4) is 5.75 Å². The van der Waals surface area contributed by atoms with E-state index in [-0.39, 0.29) is 29.6 Å². The van der Waals surface area contributed by atoms with Gasteiger partial charge in [-0.2, -0.15) is 0 Å². The van der Waals surface area contributed by atoms with Crippen LogP contribution in [0.15, 0.2) is 35.5 Å². The fourth-order valence-electron chi connectivity index (χ4n) is 3.42. The van der Waals surface area contributed by atoms with E-state index < -0.39 is 6.09 Å². The largest absolute Gasteiger partial charge is 0.420 e. The van der Waals surface area contributed by atoms with Crippen molar-refractivity contribution in [3.63, 3.8) is 0 Å². The van der Waals surface area contributed by atoms with E-state index in [9.17, 15) is 14.4 Å². The van der Waals surface area contributed by atoms with Gasteiger partial charge in [-0.3, -0.25) is 14.5 Å². The molecule has 21 heavy (non-hydrogen) atoms. The highest BCUT2D eigenvalue weighted by Gasteiger charge is 2.45. The zero-order valence-electron chi connectivity index (χ0n) is 11.3. The van der Waals surface area contributed by atoms with Crippen LogP contribution in [0.3, 0.4) is 0 Å². The van der Waals surface area contributed by atoms with Gasteiger partial charge in [0, 0.05) is 24.1 Å². The van der Waals surface area contributed by atoms with E-state index in [0.29, 0.717) is 30.7 Å². The average Bonchev–Trinajstić information content (AvgIpc) is 2.47. The predicted molar refractivity (Wildman–Crippen MR) is 72.6 cm³/mol. The Balaban J connectivity index is 1.90. The number of para-hydroxylation sites is 1. The number of hydrogen-bond donors (Lipinski definition) is 0. The van der Waals surface area contributed by atoms with Gasteiger partial charge in [-0.05, 0) is 18.9 Å². The molecule has 2 heterocycles. The van der Waals surface area contributed by atoms with Crippen molar-refractivity contribution in [1.29, 1.82) is 0 Å². The molecule has 1 amide bonds. The van der Waals surface area contributed by atoms with Crippen LogP contribution in [0.4, 0.5) is 4.79 Å². The summed E-state index contributed by atoms with van der Waals surface area (Å²) in [4.78, 5) is 38.2. The third-order valence-corrected chi connectivity index (χ3v) is 4.32. The van der Waals surface area contributed by atoms with Crippen molar-refractivity contribution >= 4 is 17.7 Å². The zero-order valence-corrected chi connectivity index (χ0v) is 11.3. The SMILES string of the molecule is O=C1CCCC2=C1C(=O)CC1c3ccccc3OC(=O)N21. The molecule has 5 heteroatoms. The fraction of sp³-hybridized carbons (Fsp3) is 0.312. The number of ketones is 2. The van der Waals surface area contributed by atoms with Gasteiger partial charge in [-0.1, -0.05) is 18.2 Å². The molecule has 1 aromatic carbocycles. The van der Waals surface area contributed by atoms with Crippen molar-refractivity contribution in [1.82, 2.24) is 4.90 Å². The van der Waals surface area contributed by atoms with Crippen molar-refractivity contribution in [2.24, 2.45) is 0 Å². The van der Waals surface area contributed by atoms with Crippen molar-refractivity contribution in [2.75, 3.05) is 0 Å². The molecule has 5 nitrogen and oxygen atoms in total. The van der Waals surface area contributed by atoms with Crippen LogP contribution in [0.1, 0.15) is 37.3 Å². The smallest absolute Gasteiger partial charge is 0.410 e. The van der Waals surface area contributed by atoms with Gasteiger partial charge in [-0.15, -0.1) is 0 Å². The maximum absolute atomic E-state index is 12.4. The zero-order chi connectivity index (χ0) is 14.6. The van der Waals surface area contributed by atoms with Crippen LogP contribution < -0.4 is 4.74 Å². The number of fused-ring (bicyclic) bond motifs is 4. The normalized spacial score (nSPS) is 24.3. The van der Waals surface area contributed by atoms with Gasteiger partial charge in [0.2, 0.25) is 0 Å².